The van der Waals surface area contributed by atoms with E-state index in [9.17, 15) is 14.3 Å². The normalized spacial score (nSPS) is 12.3. The van der Waals surface area contributed by atoms with Crippen LogP contribution in [0.5, 0.6) is 0 Å². The van der Waals surface area contributed by atoms with Gasteiger partial charge in [0.25, 0.3) is 0 Å². The molecular formula is C41H45FIrN3O3-. The zero-order valence-electron chi connectivity index (χ0n) is 29.8. The summed E-state index contributed by atoms with van der Waals surface area (Å²) >= 11 is 0. The first-order chi connectivity index (χ1) is 22.8. The van der Waals surface area contributed by atoms with Crippen LogP contribution in [0.15, 0.2) is 65.0 Å². The Morgan fingerprint density at radius 1 is 0.918 bits per heavy atom. The van der Waals surface area contributed by atoms with Gasteiger partial charge in [-0.1, -0.05) is 64.6 Å². The third kappa shape index (κ3) is 6.91. The van der Waals surface area contributed by atoms with Gasteiger partial charge in [0.2, 0.25) is 5.71 Å². The zero-order valence-corrected chi connectivity index (χ0v) is 32.2. The number of halogens is 1. The fourth-order valence-corrected chi connectivity index (χ4v) is 6.14. The Labute approximate surface area is 301 Å². The van der Waals surface area contributed by atoms with Crippen LogP contribution in [0.3, 0.4) is 0 Å². The quantitative estimate of drug-likeness (QED) is 0.0711. The number of carbonyl (C=O) groups is 1. The Morgan fingerprint density at radius 2 is 1.57 bits per heavy atom. The molecule has 0 spiro atoms. The number of pyridine rings is 1. The van der Waals surface area contributed by atoms with Crippen molar-refractivity contribution in [3.63, 3.8) is 0 Å². The van der Waals surface area contributed by atoms with Crippen LogP contribution in [-0.2, 0) is 24.9 Å². The van der Waals surface area contributed by atoms with E-state index < -0.39 is 0 Å². The fraction of sp³-hybridized carbons (Fsp3) is 0.366. The number of aromatic nitrogens is 3. The number of fused-ring (bicyclic) bond motifs is 6. The summed E-state index contributed by atoms with van der Waals surface area (Å²) in [4.78, 5) is 25.8. The van der Waals surface area contributed by atoms with Crippen molar-refractivity contribution in [2.75, 3.05) is 0 Å². The molecule has 0 atom stereocenters. The first-order valence-electron chi connectivity index (χ1n) is 16.8. The second-order valence-corrected chi connectivity index (χ2v) is 13.3. The van der Waals surface area contributed by atoms with Crippen LogP contribution in [0.1, 0.15) is 84.0 Å². The molecule has 3 aromatic carbocycles. The fourth-order valence-electron chi connectivity index (χ4n) is 6.14. The molecule has 49 heavy (non-hydrogen) atoms. The predicted molar refractivity (Wildman–Crippen MR) is 194 cm³/mol. The van der Waals surface area contributed by atoms with Crippen LogP contribution >= 0.6 is 0 Å². The van der Waals surface area contributed by atoms with Crippen LogP contribution in [-0.4, -0.2) is 25.8 Å². The topological polar surface area (TPSA) is 89.1 Å². The standard InChI is InChI=1S/C26H17FN3O.C15H28O2.Ir/c1-13-11-16-8-10-19-23(28-12-29-24(19)21(16)15(3)22(13)27)20-6-4-5-17-18-9-7-14(2)30-26(18)31-25(17)20;1-7-14(5,8-2)12(16)11-13(17)15(6,9-3)10-4;/h4-5,7-12H,1-3H3;11,16H,7-10H2,1-6H3;/q-1;;/b;12-11-;. The summed E-state index contributed by atoms with van der Waals surface area (Å²) in [6.07, 6.45) is 6.27. The molecule has 0 fully saturated rings. The molecule has 0 bridgehead atoms. The molecule has 0 aliphatic rings. The van der Waals surface area contributed by atoms with Gasteiger partial charge < -0.3 is 9.52 Å². The van der Waals surface area contributed by atoms with Crippen molar-refractivity contribution < 1.29 is 38.8 Å². The Morgan fingerprint density at radius 3 is 2.22 bits per heavy atom. The molecule has 0 saturated carbocycles. The van der Waals surface area contributed by atoms with Crippen LogP contribution in [0, 0.1) is 43.5 Å². The molecule has 0 aliphatic heterocycles. The van der Waals surface area contributed by atoms with E-state index in [0.29, 0.717) is 28.1 Å². The number of nitrogens with zero attached hydrogens (tertiary/aromatic N) is 3. The van der Waals surface area contributed by atoms with Gasteiger partial charge in [0, 0.05) is 59.2 Å². The Bertz CT molecular complexity index is 2200. The van der Waals surface area contributed by atoms with Crippen molar-refractivity contribution in [2.24, 2.45) is 10.8 Å². The number of ketones is 1. The third-order valence-corrected chi connectivity index (χ3v) is 10.5. The van der Waals surface area contributed by atoms with Crippen molar-refractivity contribution in [1.29, 1.82) is 0 Å². The van der Waals surface area contributed by atoms with Crippen molar-refractivity contribution in [2.45, 2.75) is 88.0 Å². The maximum absolute atomic E-state index is 14.7. The number of hydrogen-bond acceptors (Lipinski definition) is 6. The molecule has 0 aliphatic carbocycles. The molecular weight excluding hydrogens is 794 g/mol. The van der Waals surface area contributed by atoms with E-state index in [4.69, 9.17) is 4.42 Å². The molecule has 6 aromatic rings. The second-order valence-electron chi connectivity index (χ2n) is 13.3. The predicted octanol–water partition coefficient (Wildman–Crippen LogP) is 11.3. The summed E-state index contributed by atoms with van der Waals surface area (Å²) in [5.74, 6) is 0.0845. The monoisotopic (exact) mass is 839 g/mol. The van der Waals surface area contributed by atoms with E-state index in [0.717, 1.165) is 69.4 Å². The van der Waals surface area contributed by atoms with E-state index in [2.05, 4.69) is 21.0 Å². The van der Waals surface area contributed by atoms with Crippen LogP contribution in [0.4, 0.5) is 4.39 Å². The third-order valence-electron chi connectivity index (χ3n) is 10.5. The van der Waals surface area contributed by atoms with Gasteiger partial charge in [0.1, 0.15) is 17.9 Å². The molecule has 3 aromatic heterocycles. The summed E-state index contributed by atoms with van der Waals surface area (Å²) in [6.45, 7) is 17.6. The molecule has 259 valence electrons. The van der Waals surface area contributed by atoms with Crippen molar-refractivity contribution >= 4 is 49.5 Å². The number of aliphatic hydroxyl groups is 1. The molecule has 1 N–H and O–H groups in total. The number of aryl methyl sites for hydroxylation is 3. The number of carbonyl (C=O) groups excluding carboxylic acids is 1. The number of hydrogen-bond donors (Lipinski definition) is 1. The summed E-state index contributed by atoms with van der Waals surface area (Å²) in [5, 5.41) is 14.6. The van der Waals surface area contributed by atoms with E-state index in [1.807, 2.05) is 90.9 Å². The minimum Gasteiger partial charge on any atom is -0.512 e. The van der Waals surface area contributed by atoms with Gasteiger partial charge in [-0.2, -0.15) is 0 Å². The van der Waals surface area contributed by atoms with Gasteiger partial charge in [0.15, 0.2) is 5.78 Å². The summed E-state index contributed by atoms with van der Waals surface area (Å²) in [7, 11) is 0. The summed E-state index contributed by atoms with van der Waals surface area (Å²) in [5.41, 5.74) is 4.94. The average molecular weight is 839 g/mol. The van der Waals surface area contributed by atoms with Crippen LogP contribution in [0.25, 0.3) is 55.0 Å². The van der Waals surface area contributed by atoms with Gasteiger partial charge in [-0.3, -0.25) is 9.78 Å². The van der Waals surface area contributed by atoms with Gasteiger partial charge in [0.05, 0.1) is 11.1 Å². The van der Waals surface area contributed by atoms with E-state index in [-0.39, 0.29) is 48.3 Å². The maximum Gasteiger partial charge on any atom is 0.216 e. The van der Waals surface area contributed by atoms with Crippen molar-refractivity contribution in [3.05, 3.63) is 89.3 Å². The Balaban J connectivity index is 0.000000260. The SMILES string of the molecule is CCC(C)(CC)C(=O)/C=C(\O)C(C)(CC)CC.Cc1ccc2c(n1)oc1c(-c3ncnc4c3ccc3cc(C)c(F)c(C)c34)[c-]ccc12.[Ir]. The molecule has 3 heterocycles. The van der Waals surface area contributed by atoms with E-state index in [1.165, 1.54) is 12.4 Å². The molecule has 8 heteroatoms. The van der Waals surface area contributed by atoms with Gasteiger partial charge in [-0.25, -0.2) is 14.4 Å². The smallest absolute Gasteiger partial charge is 0.216 e. The van der Waals surface area contributed by atoms with Crippen molar-refractivity contribution in [1.82, 2.24) is 15.0 Å². The van der Waals surface area contributed by atoms with Crippen LogP contribution < -0.4 is 0 Å². The van der Waals surface area contributed by atoms with Gasteiger partial charge in [-0.15, -0.1) is 18.2 Å². The Kier molecular flexibility index (Phi) is 11.5. The summed E-state index contributed by atoms with van der Waals surface area (Å²) < 4.78 is 20.9. The van der Waals surface area contributed by atoms with Crippen molar-refractivity contribution in [3.8, 4) is 11.3 Å². The van der Waals surface area contributed by atoms with E-state index in [1.54, 1.807) is 13.8 Å². The van der Waals surface area contributed by atoms with E-state index >= 15 is 0 Å². The number of aliphatic hydroxyl groups excluding tert-OH is 1. The molecule has 1 radical (unpaired) electrons. The second kappa shape index (κ2) is 14.9. The number of allylic oxidation sites excluding steroid dienone is 2. The first-order valence-corrected chi connectivity index (χ1v) is 16.8. The minimum absolute atomic E-state index is 0. The van der Waals surface area contributed by atoms with Gasteiger partial charge in [-0.05, 0) is 86.6 Å². The minimum atomic E-state index is -0.337. The summed E-state index contributed by atoms with van der Waals surface area (Å²) in [6, 6.07) is 17.0. The maximum atomic E-state index is 14.7. The molecule has 0 amide bonds. The first kappa shape index (κ1) is 37.8. The average Bonchev–Trinajstić information content (AvgIpc) is 3.47. The number of benzene rings is 3. The number of furan rings is 1. The zero-order chi connectivity index (χ0) is 35.0. The molecule has 6 rings (SSSR count). The molecule has 0 unspecified atom stereocenters. The Hall–Kier alpha value is -4.00. The molecule has 0 saturated heterocycles. The number of rotatable bonds is 8. The molecule has 6 nitrogen and oxygen atoms in total. The van der Waals surface area contributed by atoms with Gasteiger partial charge >= 0.3 is 0 Å². The van der Waals surface area contributed by atoms with Crippen LogP contribution in [0.2, 0.25) is 0 Å². The largest absolute Gasteiger partial charge is 0.512 e.